The predicted molar refractivity (Wildman–Crippen MR) is 54.4 cm³/mol. The van der Waals surface area contributed by atoms with Crippen LogP contribution in [0.1, 0.15) is 6.92 Å². The molecule has 1 aromatic rings. The lowest BCUT2D eigenvalue weighted by Gasteiger charge is -2.12. The first-order chi connectivity index (χ1) is 7.13. The molecule has 0 bridgehead atoms. The van der Waals surface area contributed by atoms with E-state index < -0.39 is 12.2 Å². The van der Waals surface area contributed by atoms with Gasteiger partial charge in [-0.2, -0.15) is 0 Å². The number of carbonyl (C=O) groups is 1. The van der Waals surface area contributed by atoms with Crippen molar-refractivity contribution in [3.05, 3.63) is 24.3 Å². The predicted octanol–water partition coefficient (Wildman–Crippen LogP) is 0.686. The molecule has 0 amide bonds. The van der Waals surface area contributed by atoms with Crippen molar-refractivity contribution in [2.75, 3.05) is 11.9 Å². The van der Waals surface area contributed by atoms with Gasteiger partial charge in [-0.1, -0.05) is 0 Å². The number of hydrogen-bond acceptors (Lipinski definition) is 5. The summed E-state index contributed by atoms with van der Waals surface area (Å²) in [5.41, 5.74) is 0.522. The third-order valence-corrected chi connectivity index (χ3v) is 1.68. The van der Waals surface area contributed by atoms with Gasteiger partial charge in [0.2, 0.25) is 6.23 Å². The topological polar surface area (TPSA) is 78.8 Å². The number of aliphatic hydroxyl groups excluding tert-OH is 1. The molecule has 82 valence electrons. The van der Waals surface area contributed by atoms with Crippen molar-refractivity contribution in [3.8, 4) is 5.75 Å². The third-order valence-electron chi connectivity index (χ3n) is 1.68. The zero-order chi connectivity index (χ0) is 11.3. The molecule has 0 saturated heterocycles. The second kappa shape index (κ2) is 5.21. The molecule has 0 aliphatic rings. The summed E-state index contributed by atoms with van der Waals surface area (Å²) in [6, 6.07) is 5.97. The molecule has 5 nitrogen and oxygen atoms in total. The molecule has 0 spiro atoms. The van der Waals surface area contributed by atoms with E-state index in [-0.39, 0.29) is 12.4 Å². The number of hydrogen-bond donors (Lipinski definition) is 3. The fourth-order valence-electron chi connectivity index (χ4n) is 0.996. The first kappa shape index (κ1) is 11.3. The average molecular weight is 211 g/mol. The van der Waals surface area contributed by atoms with Gasteiger partial charge >= 0.3 is 5.97 Å². The van der Waals surface area contributed by atoms with E-state index in [1.807, 2.05) is 0 Å². The summed E-state index contributed by atoms with van der Waals surface area (Å²) in [4.78, 5) is 11.0. The minimum Gasteiger partial charge on any atom is -0.508 e. The minimum absolute atomic E-state index is 0.117. The van der Waals surface area contributed by atoms with Crippen LogP contribution in [-0.2, 0) is 9.53 Å². The van der Waals surface area contributed by atoms with Gasteiger partial charge < -0.3 is 20.3 Å². The van der Waals surface area contributed by atoms with E-state index in [1.54, 1.807) is 6.92 Å². The van der Waals surface area contributed by atoms with Gasteiger partial charge in [0.25, 0.3) is 0 Å². The molecular formula is C10H13NO4. The number of benzene rings is 1. The maximum absolute atomic E-state index is 11.0. The van der Waals surface area contributed by atoms with Gasteiger partial charge in [0.15, 0.2) is 0 Å². The maximum atomic E-state index is 11.0. The van der Waals surface area contributed by atoms with Crippen molar-refractivity contribution in [1.29, 1.82) is 0 Å². The molecular weight excluding hydrogens is 198 g/mol. The first-order valence-corrected chi connectivity index (χ1v) is 4.53. The summed E-state index contributed by atoms with van der Waals surface area (Å²) in [7, 11) is 0. The lowest BCUT2D eigenvalue weighted by atomic mass is 10.3. The van der Waals surface area contributed by atoms with Crippen molar-refractivity contribution in [2.45, 2.75) is 13.2 Å². The van der Waals surface area contributed by atoms with E-state index in [9.17, 15) is 9.90 Å². The lowest BCUT2D eigenvalue weighted by Crippen LogP contribution is -2.30. The fourth-order valence-corrected chi connectivity index (χ4v) is 0.996. The number of aromatic hydroxyl groups is 1. The molecule has 1 atom stereocenters. The minimum atomic E-state index is -1.39. The highest BCUT2D eigenvalue weighted by Gasteiger charge is 2.15. The largest absolute Gasteiger partial charge is 0.508 e. The van der Waals surface area contributed by atoms with Crippen molar-refractivity contribution in [1.82, 2.24) is 0 Å². The molecule has 1 rings (SSSR count). The van der Waals surface area contributed by atoms with Crippen LogP contribution in [0.15, 0.2) is 24.3 Å². The van der Waals surface area contributed by atoms with Crippen LogP contribution in [0.25, 0.3) is 0 Å². The molecule has 0 aromatic heterocycles. The molecule has 5 heteroatoms. The molecule has 15 heavy (non-hydrogen) atoms. The van der Waals surface area contributed by atoms with E-state index in [4.69, 9.17) is 5.11 Å². The Morgan fingerprint density at radius 1 is 1.47 bits per heavy atom. The zero-order valence-corrected chi connectivity index (χ0v) is 8.30. The van der Waals surface area contributed by atoms with Gasteiger partial charge in [-0.15, -0.1) is 0 Å². The van der Waals surface area contributed by atoms with Crippen LogP contribution in [0.5, 0.6) is 5.75 Å². The SMILES string of the molecule is CCOC(=O)C(O)Nc1ccc(O)cc1. The summed E-state index contributed by atoms with van der Waals surface area (Å²) in [6.07, 6.45) is -1.39. The van der Waals surface area contributed by atoms with Crippen LogP contribution in [0.2, 0.25) is 0 Å². The Balaban J connectivity index is 2.54. The Bertz CT molecular complexity index is 323. The van der Waals surface area contributed by atoms with Gasteiger partial charge in [0, 0.05) is 5.69 Å². The molecule has 0 radical (unpaired) electrons. The van der Waals surface area contributed by atoms with Crippen LogP contribution in [0, 0.1) is 0 Å². The Hall–Kier alpha value is -1.75. The normalized spacial score (nSPS) is 11.9. The molecule has 1 aromatic carbocycles. The Morgan fingerprint density at radius 3 is 2.60 bits per heavy atom. The molecule has 0 aliphatic carbocycles. The third kappa shape index (κ3) is 3.47. The van der Waals surface area contributed by atoms with Crippen molar-refractivity contribution >= 4 is 11.7 Å². The second-order valence-corrected chi connectivity index (χ2v) is 2.85. The molecule has 3 N–H and O–H groups in total. The van der Waals surface area contributed by atoms with Gasteiger partial charge in [-0.25, -0.2) is 4.79 Å². The smallest absolute Gasteiger partial charge is 0.356 e. The highest BCUT2D eigenvalue weighted by atomic mass is 16.5. The van der Waals surface area contributed by atoms with Gasteiger partial charge in [0.1, 0.15) is 5.75 Å². The number of phenols is 1. The Kier molecular flexibility index (Phi) is 3.93. The Morgan fingerprint density at radius 2 is 2.07 bits per heavy atom. The van der Waals surface area contributed by atoms with E-state index in [0.717, 1.165) is 0 Å². The number of anilines is 1. The number of phenolic OH excluding ortho intramolecular Hbond substituents is 1. The highest BCUT2D eigenvalue weighted by molar-refractivity contribution is 5.77. The second-order valence-electron chi connectivity index (χ2n) is 2.85. The Labute approximate surface area is 87.3 Å². The molecule has 0 aliphatic heterocycles. The summed E-state index contributed by atoms with van der Waals surface area (Å²) in [6.45, 7) is 1.87. The molecule has 0 fully saturated rings. The van der Waals surface area contributed by atoms with Crippen molar-refractivity contribution < 1.29 is 19.7 Å². The lowest BCUT2D eigenvalue weighted by molar-refractivity contribution is -0.151. The van der Waals surface area contributed by atoms with E-state index in [1.165, 1.54) is 24.3 Å². The maximum Gasteiger partial charge on any atom is 0.356 e. The highest BCUT2D eigenvalue weighted by Crippen LogP contribution is 2.14. The monoisotopic (exact) mass is 211 g/mol. The summed E-state index contributed by atoms with van der Waals surface area (Å²) < 4.78 is 4.60. The van der Waals surface area contributed by atoms with Crippen LogP contribution in [0.4, 0.5) is 5.69 Å². The summed E-state index contributed by atoms with van der Waals surface area (Å²) >= 11 is 0. The number of rotatable bonds is 4. The zero-order valence-electron chi connectivity index (χ0n) is 8.30. The van der Waals surface area contributed by atoms with Crippen LogP contribution in [0.3, 0.4) is 0 Å². The molecule has 0 heterocycles. The van der Waals surface area contributed by atoms with Gasteiger partial charge in [-0.3, -0.25) is 0 Å². The van der Waals surface area contributed by atoms with Gasteiger partial charge in [0.05, 0.1) is 6.61 Å². The first-order valence-electron chi connectivity index (χ1n) is 4.53. The van der Waals surface area contributed by atoms with Crippen molar-refractivity contribution in [3.63, 3.8) is 0 Å². The van der Waals surface area contributed by atoms with Crippen LogP contribution < -0.4 is 5.32 Å². The van der Waals surface area contributed by atoms with E-state index in [2.05, 4.69) is 10.1 Å². The molecule has 0 saturated carbocycles. The van der Waals surface area contributed by atoms with E-state index in [0.29, 0.717) is 5.69 Å². The average Bonchev–Trinajstić information content (AvgIpc) is 2.22. The molecule has 1 unspecified atom stereocenters. The number of nitrogens with one attached hydrogen (secondary N) is 1. The number of carbonyl (C=O) groups excluding carboxylic acids is 1. The van der Waals surface area contributed by atoms with Gasteiger partial charge in [-0.05, 0) is 31.2 Å². The van der Waals surface area contributed by atoms with Crippen LogP contribution >= 0.6 is 0 Å². The number of ether oxygens (including phenoxy) is 1. The summed E-state index contributed by atoms with van der Waals surface area (Å²) in [5.74, 6) is -0.614. The quantitative estimate of drug-likeness (QED) is 0.388. The fraction of sp³-hybridized carbons (Fsp3) is 0.300. The number of esters is 1. The van der Waals surface area contributed by atoms with Crippen molar-refractivity contribution in [2.24, 2.45) is 0 Å². The standard InChI is InChI=1S/C10H13NO4/c1-2-15-10(14)9(13)11-7-3-5-8(12)6-4-7/h3-6,9,11-13H,2H2,1H3. The number of aliphatic hydroxyl groups is 1. The summed E-state index contributed by atoms with van der Waals surface area (Å²) in [5, 5.41) is 20.8. The van der Waals surface area contributed by atoms with E-state index >= 15 is 0 Å². The van der Waals surface area contributed by atoms with Crippen LogP contribution in [-0.4, -0.2) is 29.0 Å².